The highest BCUT2D eigenvalue weighted by atomic mass is 35.5. The average molecular weight is 184 g/mol. The predicted molar refractivity (Wildman–Crippen MR) is 48.2 cm³/mol. The van der Waals surface area contributed by atoms with Crippen LogP contribution in [0.2, 0.25) is 0 Å². The minimum Gasteiger partial charge on any atom is -0.303 e. The van der Waals surface area contributed by atoms with Crippen molar-refractivity contribution in [2.75, 3.05) is 19.5 Å². The highest BCUT2D eigenvalue weighted by molar-refractivity contribution is 6.17. The smallest absolute Gasteiger partial charge is 0.0238 e. The first-order valence-electron chi connectivity index (χ1n) is 3.61. The quantitative estimate of drug-likeness (QED) is 0.594. The van der Waals surface area contributed by atoms with Crippen LogP contribution in [-0.2, 0) is 0 Å². The van der Waals surface area contributed by atoms with Crippen molar-refractivity contribution < 1.29 is 0 Å². The van der Waals surface area contributed by atoms with E-state index in [9.17, 15) is 0 Å². The molecule has 1 aliphatic heterocycles. The van der Waals surface area contributed by atoms with Gasteiger partial charge in [-0.25, -0.2) is 0 Å². The SMILES string of the molecule is CN1CCCC1CCCl.Cl. The Kier molecular flexibility index (Phi) is 5.51. The maximum atomic E-state index is 5.62. The van der Waals surface area contributed by atoms with E-state index in [-0.39, 0.29) is 12.4 Å². The Morgan fingerprint density at radius 2 is 2.30 bits per heavy atom. The molecule has 0 radical (unpaired) electrons. The van der Waals surface area contributed by atoms with Crippen molar-refractivity contribution in [2.24, 2.45) is 0 Å². The van der Waals surface area contributed by atoms with Gasteiger partial charge in [-0.2, -0.15) is 0 Å². The van der Waals surface area contributed by atoms with E-state index in [0.29, 0.717) is 0 Å². The Morgan fingerprint density at radius 3 is 2.70 bits per heavy atom. The number of hydrogen-bond donors (Lipinski definition) is 0. The third kappa shape index (κ3) is 2.65. The zero-order valence-corrected chi connectivity index (χ0v) is 7.92. The largest absolute Gasteiger partial charge is 0.303 e. The van der Waals surface area contributed by atoms with Gasteiger partial charge in [-0.05, 0) is 32.9 Å². The molecule has 1 saturated heterocycles. The number of rotatable bonds is 2. The molecule has 1 rings (SSSR count). The van der Waals surface area contributed by atoms with Crippen molar-refractivity contribution in [1.82, 2.24) is 4.90 Å². The van der Waals surface area contributed by atoms with Crippen molar-refractivity contribution >= 4 is 24.0 Å². The molecule has 1 fully saturated rings. The molecular formula is C7H15Cl2N. The lowest BCUT2D eigenvalue weighted by atomic mass is 10.2. The molecule has 0 aliphatic carbocycles. The first kappa shape index (κ1) is 10.5. The molecule has 0 spiro atoms. The summed E-state index contributed by atoms with van der Waals surface area (Å²) in [6.45, 7) is 1.27. The van der Waals surface area contributed by atoms with Crippen LogP contribution in [0.15, 0.2) is 0 Å². The second-order valence-electron chi connectivity index (χ2n) is 2.75. The van der Waals surface area contributed by atoms with Gasteiger partial charge < -0.3 is 4.90 Å². The second kappa shape index (κ2) is 5.22. The Bertz CT molecular complexity index is 87.7. The zero-order chi connectivity index (χ0) is 6.69. The summed E-state index contributed by atoms with van der Waals surface area (Å²) in [5.74, 6) is 0.814. The van der Waals surface area contributed by atoms with Crippen LogP contribution in [0.5, 0.6) is 0 Å². The maximum absolute atomic E-state index is 5.62. The van der Waals surface area contributed by atoms with Gasteiger partial charge in [0.2, 0.25) is 0 Å². The van der Waals surface area contributed by atoms with Gasteiger partial charge in [0.15, 0.2) is 0 Å². The predicted octanol–water partition coefficient (Wildman–Crippen LogP) is 2.13. The fourth-order valence-electron chi connectivity index (χ4n) is 1.47. The summed E-state index contributed by atoms with van der Waals surface area (Å²) in [4.78, 5) is 2.41. The van der Waals surface area contributed by atoms with Crippen LogP contribution in [0, 0.1) is 0 Å². The van der Waals surface area contributed by atoms with Gasteiger partial charge in [0, 0.05) is 11.9 Å². The van der Waals surface area contributed by atoms with Gasteiger partial charge in [0.25, 0.3) is 0 Å². The highest BCUT2D eigenvalue weighted by Crippen LogP contribution is 2.17. The lowest BCUT2D eigenvalue weighted by molar-refractivity contribution is 0.305. The Morgan fingerprint density at radius 1 is 1.60 bits per heavy atom. The molecule has 1 aliphatic rings. The normalized spacial score (nSPS) is 26.4. The van der Waals surface area contributed by atoms with E-state index in [2.05, 4.69) is 11.9 Å². The zero-order valence-electron chi connectivity index (χ0n) is 6.35. The number of alkyl halides is 1. The van der Waals surface area contributed by atoms with Crippen LogP contribution < -0.4 is 0 Å². The Balaban J connectivity index is 0.000000810. The molecule has 0 aromatic heterocycles. The van der Waals surface area contributed by atoms with Gasteiger partial charge in [-0.3, -0.25) is 0 Å². The molecule has 0 saturated carbocycles. The van der Waals surface area contributed by atoms with Crippen molar-refractivity contribution in [1.29, 1.82) is 0 Å². The van der Waals surface area contributed by atoms with E-state index in [4.69, 9.17) is 11.6 Å². The molecule has 3 heteroatoms. The molecular weight excluding hydrogens is 169 g/mol. The van der Waals surface area contributed by atoms with Crippen LogP contribution in [0.4, 0.5) is 0 Å². The number of hydrogen-bond acceptors (Lipinski definition) is 1. The minimum absolute atomic E-state index is 0. The van der Waals surface area contributed by atoms with E-state index in [1.807, 2.05) is 0 Å². The molecule has 1 atom stereocenters. The summed E-state index contributed by atoms with van der Waals surface area (Å²) < 4.78 is 0. The van der Waals surface area contributed by atoms with Gasteiger partial charge in [0.05, 0.1) is 0 Å². The summed E-state index contributed by atoms with van der Waals surface area (Å²) in [6.07, 6.45) is 3.87. The molecule has 0 N–H and O–H groups in total. The van der Waals surface area contributed by atoms with E-state index < -0.39 is 0 Å². The molecule has 1 unspecified atom stereocenters. The first-order chi connectivity index (χ1) is 4.34. The number of halogens is 2. The summed E-state index contributed by atoms with van der Waals surface area (Å²) >= 11 is 5.62. The van der Waals surface area contributed by atoms with Crippen LogP contribution in [0.1, 0.15) is 19.3 Å². The topological polar surface area (TPSA) is 3.24 Å². The summed E-state index contributed by atoms with van der Waals surface area (Å²) in [5.41, 5.74) is 0. The van der Waals surface area contributed by atoms with Crippen molar-refractivity contribution in [2.45, 2.75) is 25.3 Å². The molecule has 0 aromatic carbocycles. The second-order valence-corrected chi connectivity index (χ2v) is 3.13. The van der Waals surface area contributed by atoms with Gasteiger partial charge in [0.1, 0.15) is 0 Å². The number of nitrogens with zero attached hydrogens (tertiary/aromatic N) is 1. The van der Waals surface area contributed by atoms with Crippen LogP contribution in [0.3, 0.4) is 0 Å². The Hall–Kier alpha value is 0.540. The summed E-state index contributed by atoms with van der Waals surface area (Å²) in [5, 5.41) is 0. The summed E-state index contributed by atoms with van der Waals surface area (Å²) in [6, 6.07) is 0.780. The van der Waals surface area contributed by atoms with E-state index >= 15 is 0 Å². The molecule has 0 bridgehead atoms. The molecule has 0 amide bonds. The molecule has 1 nitrogen and oxygen atoms in total. The van der Waals surface area contributed by atoms with Gasteiger partial charge in [-0.15, -0.1) is 24.0 Å². The van der Waals surface area contributed by atoms with Crippen LogP contribution in [-0.4, -0.2) is 30.4 Å². The Labute approximate surface area is 74.1 Å². The third-order valence-corrected chi connectivity index (χ3v) is 2.33. The van der Waals surface area contributed by atoms with E-state index in [1.165, 1.54) is 19.4 Å². The third-order valence-electron chi connectivity index (χ3n) is 2.11. The van der Waals surface area contributed by atoms with Gasteiger partial charge >= 0.3 is 0 Å². The lowest BCUT2D eigenvalue weighted by Gasteiger charge is -2.17. The van der Waals surface area contributed by atoms with Crippen LogP contribution >= 0.6 is 24.0 Å². The monoisotopic (exact) mass is 183 g/mol. The molecule has 62 valence electrons. The van der Waals surface area contributed by atoms with Crippen molar-refractivity contribution in [3.8, 4) is 0 Å². The summed E-state index contributed by atoms with van der Waals surface area (Å²) in [7, 11) is 2.18. The minimum atomic E-state index is 0. The average Bonchev–Trinajstić information content (AvgIpc) is 2.18. The highest BCUT2D eigenvalue weighted by Gasteiger charge is 2.19. The van der Waals surface area contributed by atoms with E-state index in [0.717, 1.165) is 18.3 Å². The fraction of sp³-hybridized carbons (Fsp3) is 1.00. The molecule has 1 heterocycles. The van der Waals surface area contributed by atoms with Crippen molar-refractivity contribution in [3.05, 3.63) is 0 Å². The molecule has 10 heavy (non-hydrogen) atoms. The first-order valence-corrected chi connectivity index (χ1v) is 4.14. The lowest BCUT2D eigenvalue weighted by Crippen LogP contribution is -2.24. The van der Waals surface area contributed by atoms with Crippen LogP contribution in [0.25, 0.3) is 0 Å². The molecule has 0 aromatic rings. The van der Waals surface area contributed by atoms with Gasteiger partial charge in [-0.1, -0.05) is 0 Å². The number of likely N-dealkylation sites (tertiary alicyclic amines) is 1. The fourth-order valence-corrected chi connectivity index (χ4v) is 1.72. The van der Waals surface area contributed by atoms with Crippen molar-refractivity contribution in [3.63, 3.8) is 0 Å². The standard InChI is InChI=1S/C7H14ClN.ClH/c1-9-6-2-3-7(9)4-5-8;/h7H,2-6H2,1H3;1H. The van der Waals surface area contributed by atoms with E-state index in [1.54, 1.807) is 0 Å². The maximum Gasteiger partial charge on any atom is 0.0238 e.